The number of piperidine rings is 1. The second kappa shape index (κ2) is 12.2. The Kier molecular flexibility index (Phi) is 9.28. The molecule has 1 atom stereocenters. The molecule has 0 unspecified atom stereocenters. The van der Waals surface area contributed by atoms with Gasteiger partial charge >= 0.3 is 6.09 Å². The first kappa shape index (κ1) is 26.7. The molecule has 1 aliphatic heterocycles. The molecule has 1 heterocycles. The fourth-order valence-electron chi connectivity index (χ4n) is 4.69. The van der Waals surface area contributed by atoms with E-state index in [4.69, 9.17) is 0 Å². The molecule has 2 N–H and O–H groups in total. The lowest BCUT2D eigenvalue weighted by Crippen LogP contribution is -2.48. The molecular formula is C26H35N3O5S. The number of likely N-dealkylation sites (tertiary alicyclic amines) is 1. The number of carbonyl (C=O) groups is 2. The number of benzene rings is 2. The minimum absolute atomic E-state index is 0.0489. The van der Waals surface area contributed by atoms with Crippen LogP contribution in [0.15, 0.2) is 59.5 Å². The van der Waals surface area contributed by atoms with Crippen LogP contribution < -0.4 is 5.32 Å². The van der Waals surface area contributed by atoms with Gasteiger partial charge in [0, 0.05) is 38.5 Å². The number of sulfone groups is 1. The largest absolute Gasteiger partial charge is 0.465 e. The Bertz CT molecular complexity index is 1080. The summed E-state index contributed by atoms with van der Waals surface area (Å²) in [5, 5.41) is 11.8. The van der Waals surface area contributed by atoms with E-state index in [1.807, 2.05) is 42.2 Å². The van der Waals surface area contributed by atoms with Gasteiger partial charge in [0.05, 0.1) is 17.4 Å². The van der Waals surface area contributed by atoms with Crippen LogP contribution in [-0.2, 0) is 21.1 Å². The average Bonchev–Trinajstić information content (AvgIpc) is 2.83. The van der Waals surface area contributed by atoms with Crippen molar-refractivity contribution in [3.63, 3.8) is 0 Å². The normalized spacial score (nSPS) is 15.9. The molecule has 1 aliphatic rings. The van der Waals surface area contributed by atoms with Gasteiger partial charge < -0.3 is 20.2 Å². The summed E-state index contributed by atoms with van der Waals surface area (Å²) >= 11 is 0. The van der Waals surface area contributed by atoms with Crippen molar-refractivity contribution in [3.05, 3.63) is 65.7 Å². The number of hydrogen-bond donors (Lipinski definition) is 2. The van der Waals surface area contributed by atoms with Gasteiger partial charge in [-0.25, -0.2) is 13.2 Å². The molecule has 190 valence electrons. The molecule has 8 nitrogen and oxygen atoms in total. The number of rotatable bonds is 10. The van der Waals surface area contributed by atoms with E-state index < -0.39 is 15.9 Å². The first-order valence-corrected chi connectivity index (χ1v) is 13.9. The lowest BCUT2D eigenvalue weighted by molar-refractivity contribution is -0.133. The number of carboxylic acid groups (broad SMARTS) is 1. The quantitative estimate of drug-likeness (QED) is 0.517. The van der Waals surface area contributed by atoms with E-state index in [1.165, 1.54) is 6.26 Å². The smallest absolute Gasteiger partial charge is 0.405 e. The third kappa shape index (κ3) is 7.80. The van der Waals surface area contributed by atoms with Gasteiger partial charge in [0.25, 0.3) is 0 Å². The molecule has 1 fully saturated rings. The highest BCUT2D eigenvalue weighted by molar-refractivity contribution is 7.90. The predicted molar refractivity (Wildman–Crippen MR) is 135 cm³/mol. The van der Waals surface area contributed by atoms with E-state index in [0.717, 1.165) is 43.6 Å². The molecule has 0 saturated carbocycles. The Morgan fingerprint density at radius 2 is 1.71 bits per heavy atom. The summed E-state index contributed by atoms with van der Waals surface area (Å²) in [7, 11) is -3.26. The molecule has 0 radical (unpaired) electrons. The number of hydrogen-bond acceptors (Lipinski definition) is 5. The van der Waals surface area contributed by atoms with Crippen molar-refractivity contribution in [3.8, 4) is 0 Å². The average molecular weight is 502 g/mol. The van der Waals surface area contributed by atoms with Gasteiger partial charge in [-0.2, -0.15) is 0 Å². The Morgan fingerprint density at radius 1 is 1.09 bits per heavy atom. The highest BCUT2D eigenvalue weighted by atomic mass is 32.2. The molecule has 0 aromatic heterocycles. The van der Waals surface area contributed by atoms with Crippen molar-refractivity contribution in [2.75, 3.05) is 32.4 Å². The van der Waals surface area contributed by atoms with Crippen LogP contribution in [0.5, 0.6) is 0 Å². The van der Waals surface area contributed by atoms with Crippen molar-refractivity contribution < 1.29 is 23.1 Å². The van der Waals surface area contributed by atoms with Crippen molar-refractivity contribution in [1.29, 1.82) is 0 Å². The first-order valence-electron chi connectivity index (χ1n) is 12.0. The Hall–Kier alpha value is -2.91. The third-order valence-electron chi connectivity index (χ3n) is 6.60. The summed E-state index contributed by atoms with van der Waals surface area (Å²) in [5.41, 5.74) is 1.76. The molecule has 9 heteroatoms. The SMILES string of the molecule is CCN(C(=O)Cc1ccc(S(C)(=O)=O)cc1)C1CCN(CC[C@H](NC(=O)O)c2ccccc2)CC1. The van der Waals surface area contributed by atoms with Gasteiger partial charge in [-0.1, -0.05) is 42.5 Å². The number of carbonyl (C=O) groups excluding carboxylic acids is 1. The maximum Gasteiger partial charge on any atom is 0.405 e. The van der Waals surface area contributed by atoms with Crippen LogP contribution in [0, 0.1) is 0 Å². The van der Waals surface area contributed by atoms with Gasteiger partial charge in [0.2, 0.25) is 5.91 Å². The van der Waals surface area contributed by atoms with E-state index in [1.54, 1.807) is 24.3 Å². The molecule has 0 bridgehead atoms. The standard InChI is InChI=1S/C26H35N3O5S/c1-3-29(25(30)19-20-9-11-23(12-10-20)35(2,33)34)22-13-16-28(17-14-22)18-15-24(27-26(31)32)21-7-5-4-6-8-21/h4-12,22,24,27H,3,13-19H2,1-2H3,(H,31,32)/t24-/m0/s1. The number of amides is 2. The lowest BCUT2D eigenvalue weighted by Gasteiger charge is -2.38. The Balaban J connectivity index is 1.51. The lowest BCUT2D eigenvalue weighted by atomic mass is 10.00. The van der Waals surface area contributed by atoms with Crippen molar-refractivity contribution in [2.45, 2.75) is 49.6 Å². The number of likely N-dealkylation sites (N-methyl/N-ethyl adjacent to an activating group) is 1. The van der Waals surface area contributed by atoms with Gasteiger partial charge in [-0.05, 0) is 49.4 Å². The number of nitrogens with zero attached hydrogens (tertiary/aromatic N) is 2. The summed E-state index contributed by atoms with van der Waals surface area (Å²) in [4.78, 5) is 28.8. The molecule has 2 aromatic rings. The van der Waals surface area contributed by atoms with E-state index in [-0.39, 0.29) is 29.3 Å². The molecule has 2 amide bonds. The zero-order valence-electron chi connectivity index (χ0n) is 20.4. The van der Waals surface area contributed by atoms with Crippen LogP contribution in [0.25, 0.3) is 0 Å². The van der Waals surface area contributed by atoms with Crippen LogP contribution in [-0.4, -0.2) is 73.8 Å². The van der Waals surface area contributed by atoms with E-state index >= 15 is 0 Å². The second-order valence-corrected chi connectivity index (χ2v) is 11.1. The summed E-state index contributed by atoms with van der Waals surface area (Å²) in [5.74, 6) is 0.0489. The van der Waals surface area contributed by atoms with Crippen LogP contribution in [0.1, 0.15) is 43.4 Å². The third-order valence-corrected chi connectivity index (χ3v) is 7.73. The van der Waals surface area contributed by atoms with Crippen LogP contribution in [0.4, 0.5) is 4.79 Å². The first-order chi connectivity index (χ1) is 16.7. The Morgan fingerprint density at radius 3 is 2.26 bits per heavy atom. The maximum atomic E-state index is 13.0. The summed E-state index contributed by atoms with van der Waals surface area (Å²) in [6.45, 7) is 5.10. The summed E-state index contributed by atoms with van der Waals surface area (Å²) < 4.78 is 23.3. The van der Waals surface area contributed by atoms with Crippen molar-refractivity contribution in [1.82, 2.24) is 15.1 Å². The molecular weight excluding hydrogens is 466 g/mol. The second-order valence-electron chi connectivity index (χ2n) is 9.05. The molecule has 0 spiro atoms. The predicted octanol–water partition coefficient (Wildman–Crippen LogP) is 3.34. The Labute approximate surface area is 207 Å². The van der Waals surface area contributed by atoms with E-state index in [9.17, 15) is 23.1 Å². The highest BCUT2D eigenvalue weighted by Gasteiger charge is 2.27. The highest BCUT2D eigenvalue weighted by Crippen LogP contribution is 2.22. The van der Waals surface area contributed by atoms with Crippen LogP contribution in [0.2, 0.25) is 0 Å². The van der Waals surface area contributed by atoms with Crippen molar-refractivity contribution in [2.24, 2.45) is 0 Å². The topological polar surface area (TPSA) is 107 Å². The minimum Gasteiger partial charge on any atom is -0.465 e. The maximum absolute atomic E-state index is 13.0. The van der Waals surface area contributed by atoms with Gasteiger partial charge in [0.1, 0.15) is 0 Å². The number of nitrogens with one attached hydrogen (secondary N) is 1. The van der Waals surface area contributed by atoms with Crippen LogP contribution in [0.3, 0.4) is 0 Å². The van der Waals surface area contributed by atoms with E-state index in [0.29, 0.717) is 13.0 Å². The monoisotopic (exact) mass is 501 g/mol. The molecule has 2 aromatic carbocycles. The zero-order valence-corrected chi connectivity index (χ0v) is 21.2. The van der Waals surface area contributed by atoms with E-state index in [2.05, 4.69) is 10.2 Å². The fourth-order valence-corrected chi connectivity index (χ4v) is 5.32. The summed E-state index contributed by atoms with van der Waals surface area (Å²) in [6, 6.07) is 16.0. The van der Waals surface area contributed by atoms with Crippen LogP contribution >= 0.6 is 0 Å². The molecule has 0 aliphatic carbocycles. The van der Waals surface area contributed by atoms with Gasteiger partial charge in [0.15, 0.2) is 9.84 Å². The van der Waals surface area contributed by atoms with Crippen molar-refractivity contribution >= 4 is 21.8 Å². The minimum atomic E-state index is -3.26. The summed E-state index contributed by atoms with van der Waals surface area (Å²) in [6.07, 6.45) is 2.81. The molecule has 3 rings (SSSR count). The fraction of sp³-hybridized carbons (Fsp3) is 0.462. The molecule has 1 saturated heterocycles. The van der Waals surface area contributed by atoms with Gasteiger partial charge in [-0.3, -0.25) is 4.79 Å². The molecule has 35 heavy (non-hydrogen) atoms. The van der Waals surface area contributed by atoms with Gasteiger partial charge in [-0.15, -0.1) is 0 Å². The zero-order chi connectivity index (χ0) is 25.4.